The number of aliphatic imine (C=N–C) groups is 1. The number of halogens is 1. The van der Waals surface area contributed by atoms with Gasteiger partial charge in [-0.25, -0.2) is 4.68 Å². The number of nitrogens with one attached hydrogen (secondary N) is 2. The van der Waals surface area contributed by atoms with E-state index in [2.05, 4.69) is 52.8 Å². The number of hydrogen-bond acceptors (Lipinski definition) is 3. The minimum Gasteiger partial charge on any atom is -0.359 e. The van der Waals surface area contributed by atoms with Crippen molar-refractivity contribution >= 4 is 35.8 Å². The summed E-state index contributed by atoms with van der Waals surface area (Å²) in [6.07, 6.45) is 6.80. The van der Waals surface area contributed by atoms with Crippen molar-refractivity contribution in [3.63, 3.8) is 0 Å². The van der Waals surface area contributed by atoms with Crippen LogP contribution in [0.15, 0.2) is 41.5 Å². The zero-order chi connectivity index (χ0) is 22.1. The molecule has 0 bridgehead atoms. The summed E-state index contributed by atoms with van der Waals surface area (Å²) in [6.45, 7) is 7.74. The maximum absolute atomic E-state index is 11.6. The largest absolute Gasteiger partial charge is 0.359 e. The maximum Gasteiger partial charge on any atom is 0.220 e. The van der Waals surface area contributed by atoms with E-state index in [0.717, 1.165) is 69.2 Å². The van der Waals surface area contributed by atoms with Gasteiger partial charge in [-0.1, -0.05) is 18.2 Å². The van der Waals surface area contributed by atoms with Gasteiger partial charge < -0.3 is 15.5 Å². The molecule has 1 fully saturated rings. The van der Waals surface area contributed by atoms with Crippen LogP contribution in [0.4, 0.5) is 0 Å². The van der Waals surface area contributed by atoms with E-state index >= 15 is 0 Å². The summed E-state index contributed by atoms with van der Waals surface area (Å²) in [4.78, 5) is 18.8. The number of carbonyl (C=O) groups is 1. The fourth-order valence-electron chi connectivity index (χ4n) is 4.05. The second-order valence-electron chi connectivity index (χ2n) is 8.17. The molecule has 0 unspecified atom stereocenters. The number of piperidine rings is 1. The summed E-state index contributed by atoms with van der Waals surface area (Å²) >= 11 is 0. The third kappa shape index (κ3) is 7.50. The molecule has 0 radical (unpaired) electrons. The first-order valence-electron chi connectivity index (χ1n) is 11.4. The van der Waals surface area contributed by atoms with Gasteiger partial charge in [-0.05, 0) is 63.1 Å². The number of amides is 1. The molecule has 3 rings (SSSR count). The summed E-state index contributed by atoms with van der Waals surface area (Å²) < 4.78 is 1.96. The number of aryl methyl sites for hydroxylation is 2. The molecule has 1 aliphatic rings. The molecule has 1 amide bonds. The van der Waals surface area contributed by atoms with Crippen LogP contribution in [0.1, 0.15) is 43.9 Å². The normalized spacial score (nSPS) is 14.7. The van der Waals surface area contributed by atoms with Gasteiger partial charge >= 0.3 is 0 Å². The first kappa shape index (κ1) is 26.2. The van der Waals surface area contributed by atoms with Gasteiger partial charge in [0.2, 0.25) is 5.91 Å². The Labute approximate surface area is 209 Å². The van der Waals surface area contributed by atoms with Gasteiger partial charge in [0.25, 0.3) is 0 Å². The van der Waals surface area contributed by atoms with Crippen molar-refractivity contribution in [2.75, 3.05) is 33.2 Å². The lowest BCUT2D eigenvalue weighted by molar-refractivity contribution is -0.121. The van der Waals surface area contributed by atoms with E-state index in [1.54, 1.807) is 7.05 Å². The van der Waals surface area contributed by atoms with Crippen LogP contribution in [0.3, 0.4) is 0 Å². The van der Waals surface area contributed by atoms with Crippen molar-refractivity contribution in [1.82, 2.24) is 25.3 Å². The summed E-state index contributed by atoms with van der Waals surface area (Å²) in [5, 5.41) is 10.8. The van der Waals surface area contributed by atoms with E-state index in [0.29, 0.717) is 12.3 Å². The Hall–Kier alpha value is -2.10. The molecular formula is C24H37IN6O. The van der Waals surface area contributed by atoms with Crippen molar-refractivity contribution in [1.29, 1.82) is 0 Å². The number of benzene rings is 1. The summed E-state index contributed by atoms with van der Waals surface area (Å²) in [5.74, 6) is 1.62. The highest BCUT2D eigenvalue weighted by Crippen LogP contribution is 2.20. The standard InChI is InChI=1S/C24H36N6O.HI/c1-4-26-24(29-15-12-20(13-16-29)17-23(31)25-3)27-14-8-9-21-18-30(28-19(21)2)22-10-6-5-7-11-22;/h5-7,10-11,18,20H,4,8-9,12-17H2,1-3H3,(H,25,31)(H,26,27);1H. The van der Waals surface area contributed by atoms with Gasteiger partial charge in [0.15, 0.2) is 5.96 Å². The lowest BCUT2D eigenvalue weighted by Crippen LogP contribution is -2.46. The number of rotatable bonds is 8. The van der Waals surface area contributed by atoms with Crippen molar-refractivity contribution in [3.05, 3.63) is 47.8 Å². The average Bonchev–Trinajstić information content (AvgIpc) is 3.17. The zero-order valence-electron chi connectivity index (χ0n) is 19.5. The quantitative estimate of drug-likeness (QED) is 0.228. The van der Waals surface area contributed by atoms with Crippen molar-refractivity contribution in [2.45, 2.75) is 46.0 Å². The monoisotopic (exact) mass is 552 g/mol. The van der Waals surface area contributed by atoms with Crippen LogP contribution in [0, 0.1) is 12.8 Å². The number of likely N-dealkylation sites (tertiary alicyclic amines) is 1. The summed E-state index contributed by atoms with van der Waals surface area (Å²) in [7, 11) is 1.71. The lowest BCUT2D eigenvalue weighted by atomic mass is 9.93. The molecule has 1 aliphatic heterocycles. The van der Waals surface area contributed by atoms with E-state index in [1.165, 1.54) is 5.56 Å². The van der Waals surface area contributed by atoms with Gasteiger partial charge in [-0.2, -0.15) is 5.10 Å². The molecule has 1 aromatic carbocycles. The topological polar surface area (TPSA) is 74.5 Å². The van der Waals surface area contributed by atoms with Crippen LogP contribution < -0.4 is 10.6 Å². The Balaban J connectivity index is 0.00000363. The molecule has 176 valence electrons. The molecule has 2 N–H and O–H groups in total. The predicted octanol–water partition coefficient (Wildman–Crippen LogP) is 3.54. The Morgan fingerprint density at radius 2 is 1.94 bits per heavy atom. The summed E-state index contributed by atoms with van der Waals surface area (Å²) in [6, 6.07) is 10.2. The molecule has 0 saturated carbocycles. The molecule has 0 atom stereocenters. The second-order valence-corrected chi connectivity index (χ2v) is 8.17. The molecule has 0 aliphatic carbocycles. The smallest absolute Gasteiger partial charge is 0.220 e. The van der Waals surface area contributed by atoms with E-state index in [4.69, 9.17) is 4.99 Å². The summed E-state index contributed by atoms with van der Waals surface area (Å²) in [5.41, 5.74) is 3.45. The van der Waals surface area contributed by atoms with Crippen LogP contribution in [0.25, 0.3) is 5.69 Å². The number of guanidine groups is 1. The Morgan fingerprint density at radius 1 is 1.22 bits per heavy atom. The molecular weight excluding hydrogens is 515 g/mol. The first-order valence-corrected chi connectivity index (χ1v) is 11.4. The molecule has 32 heavy (non-hydrogen) atoms. The van der Waals surface area contributed by atoms with Crippen molar-refractivity contribution in [3.8, 4) is 5.69 Å². The fraction of sp³-hybridized carbons (Fsp3) is 0.542. The first-order chi connectivity index (χ1) is 15.1. The third-order valence-corrected chi connectivity index (χ3v) is 5.89. The highest BCUT2D eigenvalue weighted by molar-refractivity contribution is 14.0. The van der Waals surface area contributed by atoms with E-state index in [-0.39, 0.29) is 29.9 Å². The van der Waals surface area contributed by atoms with Crippen LogP contribution in [0.2, 0.25) is 0 Å². The Bertz CT molecular complexity index is 859. The van der Waals surface area contributed by atoms with Crippen molar-refractivity contribution in [2.24, 2.45) is 10.9 Å². The third-order valence-electron chi connectivity index (χ3n) is 5.89. The Morgan fingerprint density at radius 3 is 2.59 bits per heavy atom. The fourth-order valence-corrected chi connectivity index (χ4v) is 4.05. The van der Waals surface area contributed by atoms with Crippen LogP contribution >= 0.6 is 24.0 Å². The van der Waals surface area contributed by atoms with Crippen molar-refractivity contribution < 1.29 is 4.79 Å². The van der Waals surface area contributed by atoms with Gasteiger partial charge in [0, 0.05) is 45.8 Å². The van der Waals surface area contributed by atoms with Gasteiger partial charge in [-0.3, -0.25) is 9.79 Å². The molecule has 2 aromatic rings. The Kier molecular flexibility index (Phi) is 11.0. The molecule has 2 heterocycles. The van der Waals surface area contributed by atoms with Gasteiger partial charge in [0.05, 0.1) is 11.4 Å². The number of carbonyl (C=O) groups excluding carboxylic acids is 1. The van der Waals surface area contributed by atoms with Gasteiger partial charge in [-0.15, -0.1) is 24.0 Å². The molecule has 1 saturated heterocycles. The van der Waals surface area contributed by atoms with E-state index in [9.17, 15) is 4.79 Å². The molecule has 0 spiro atoms. The predicted molar refractivity (Wildman–Crippen MR) is 141 cm³/mol. The molecule has 8 heteroatoms. The number of aromatic nitrogens is 2. The van der Waals surface area contributed by atoms with Crippen LogP contribution in [-0.2, 0) is 11.2 Å². The lowest BCUT2D eigenvalue weighted by Gasteiger charge is -2.34. The highest BCUT2D eigenvalue weighted by atomic mass is 127. The molecule has 7 nitrogen and oxygen atoms in total. The number of para-hydroxylation sites is 1. The number of nitrogens with zero attached hydrogens (tertiary/aromatic N) is 4. The highest BCUT2D eigenvalue weighted by Gasteiger charge is 2.23. The minimum atomic E-state index is 0. The second kappa shape index (κ2) is 13.4. The average molecular weight is 553 g/mol. The van der Waals surface area contributed by atoms with Crippen LogP contribution in [0.5, 0.6) is 0 Å². The van der Waals surface area contributed by atoms with Crippen LogP contribution in [-0.4, -0.2) is 59.8 Å². The molecule has 1 aromatic heterocycles. The maximum atomic E-state index is 11.6. The van der Waals surface area contributed by atoms with E-state index in [1.807, 2.05) is 22.9 Å². The van der Waals surface area contributed by atoms with Gasteiger partial charge in [0.1, 0.15) is 0 Å². The SMILES string of the molecule is CCNC(=NCCCc1cn(-c2ccccc2)nc1C)N1CCC(CC(=O)NC)CC1.I. The number of hydrogen-bond donors (Lipinski definition) is 2. The minimum absolute atomic E-state index is 0. The van der Waals surface area contributed by atoms with E-state index < -0.39 is 0 Å². The zero-order valence-corrected chi connectivity index (χ0v) is 21.8.